The standard InChI is InChI=1S/C26H30N2O6/c29-24(30)11-13-33-14-12-27-25(31)23(15-17-9-10-17)28-26(32)34-16-22-20-7-3-1-5-18(20)19-6-2-4-8-21(19)22/h1-8,17,22-23H,9-16H2,(H,27,31)(H,28,32)(H,29,30)/t23-/m0/s1. The van der Waals surface area contributed by atoms with Crippen LogP contribution >= 0.6 is 0 Å². The van der Waals surface area contributed by atoms with Crippen LogP contribution in [0.3, 0.4) is 0 Å². The Bertz CT molecular complexity index is 990. The van der Waals surface area contributed by atoms with Crippen molar-refractivity contribution < 1.29 is 29.0 Å². The van der Waals surface area contributed by atoms with Gasteiger partial charge in [0.2, 0.25) is 5.91 Å². The van der Waals surface area contributed by atoms with Crippen LogP contribution in [0.15, 0.2) is 48.5 Å². The molecule has 0 aliphatic heterocycles. The molecule has 2 aromatic carbocycles. The zero-order valence-electron chi connectivity index (χ0n) is 19.0. The molecule has 0 spiro atoms. The SMILES string of the molecule is O=C(O)CCOCCNC(=O)[C@H](CC1CC1)NC(=O)OCC1c2ccccc2-c2ccccc21. The van der Waals surface area contributed by atoms with Gasteiger partial charge in [-0.05, 0) is 34.6 Å². The Morgan fingerprint density at radius 3 is 2.24 bits per heavy atom. The number of carbonyl (C=O) groups excluding carboxylic acids is 2. The fraction of sp³-hybridized carbons (Fsp3) is 0.423. The van der Waals surface area contributed by atoms with Crippen molar-refractivity contribution in [3.63, 3.8) is 0 Å². The van der Waals surface area contributed by atoms with Crippen molar-refractivity contribution in [2.45, 2.75) is 37.6 Å². The van der Waals surface area contributed by atoms with Crippen LogP contribution in [0.1, 0.15) is 42.7 Å². The number of fused-ring (bicyclic) bond motifs is 3. The number of carboxylic acids is 1. The Labute approximate surface area is 198 Å². The van der Waals surface area contributed by atoms with Gasteiger partial charge >= 0.3 is 12.1 Å². The van der Waals surface area contributed by atoms with Crippen LogP contribution in [0.5, 0.6) is 0 Å². The fourth-order valence-corrected chi connectivity index (χ4v) is 4.33. The summed E-state index contributed by atoms with van der Waals surface area (Å²) in [5, 5.41) is 14.1. The van der Waals surface area contributed by atoms with Gasteiger partial charge in [0, 0.05) is 12.5 Å². The highest BCUT2D eigenvalue weighted by Crippen LogP contribution is 2.44. The molecule has 3 N–H and O–H groups in total. The summed E-state index contributed by atoms with van der Waals surface area (Å²) in [5.74, 6) is -0.837. The predicted octanol–water partition coefficient (Wildman–Crippen LogP) is 3.30. The Hall–Kier alpha value is -3.39. The van der Waals surface area contributed by atoms with E-state index in [9.17, 15) is 14.4 Å². The molecule has 0 radical (unpaired) electrons. The lowest BCUT2D eigenvalue weighted by Crippen LogP contribution is -2.48. The van der Waals surface area contributed by atoms with Crippen molar-refractivity contribution in [1.82, 2.24) is 10.6 Å². The maximum absolute atomic E-state index is 12.6. The zero-order valence-corrected chi connectivity index (χ0v) is 19.0. The molecule has 2 aromatic rings. The lowest BCUT2D eigenvalue weighted by atomic mass is 9.98. The van der Waals surface area contributed by atoms with Gasteiger partial charge in [0.25, 0.3) is 0 Å². The summed E-state index contributed by atoms with van der Waals surface area (Å²) < 4.78 is 10.8. The highest BCUT2D eigenvalue weighted by Gasteiger charge is 2.32. The Morgan fingerprint density at radius 1 is 0.971 bits per heavy atom. The quantitative estimate of drug-likeness (QED) is 0.414. The van der Waals surface area contributed by atoms with E-state index in [1.165, 1.54) is 0 Å². The smallest absolute Gasteiger partial charge is 0.407 e. The number of alkyl carbamates (subject to hydrolysis) is 1. The fourth-order valence-electron chi connectivity index (χ4n) is 4.33. The second-order valence-corrected chi connectivity index (χ2v) is 8.75. The van der Waals surface area contributed by atoms with Gasteiger partial charge in [0.15, 0.2) is 0 Å². The maximum Gasteiger partial charge on any atom is 0.407 e. The number of benzene rings is 2. The maximum atomic E-state index is 12.6. The molecule has 180 valence electrons. The highest BCUT2D eigenvalue weighted by atomic mass is 16.5. The van der Waals surface area contributed by atoms with Crippen molar-refractivity contribution in [3.8, 4) is 11.1 Å². The molecular weight excluding hydrogens is 436 g/mol. The molecule has 1 saturated carbocycles. The van der Waals surface area contributed by atoms with Crippen molar-refractivity contribution in [3.05, 3.63) is 59.7 Å². The third kappa shape index (κ3) is 6.14. The van der Waals surface area contributed by atoms with Crippen LogP contribution in [0, 0.1) is 5.92 Å². The van der Waals surface area contributed by atoms with Crippen LogP contribution < -0.4 is 10.6 Å². The first-order chi connectivity index (χ1) is 16.5. The number of amides is 2. The van der Waals surface area contributed by atoms with E-state index in [1.807, 2.05) is 24.3 Å². The molecular formula is C26H30N2O6. The summed E-state index contributed by atoms with van der Waals surface area (Å²) in [6.45, 7) is 0.732. The summed E-state index contributed by atoms with van der Waals surface area (Å²) in [5.41, 5.74) is 4.57. The van der Waals surface area contributed by atoms with Gasteiger partial charge in [-0.15, -0.1) is 0 Å². The third-order valence-electron chi connectivity index (χ3n) is 6.22. The molecule has 1 fully saturated rings. The molecule has 2 amide bonds. The van der Waals surface area contributed by atoms with Crippen LogP contribution in [-0.4, -0.2) is 55.5 Å². The summed E-state index contributed by atoms with van der Waals surface area (Å²) in [6, 6.07) is 15.6. The largest absolute Gasteiger partial charge is 0.481 e. The molecule has 0 saturated heterocycles. The lowest BCUT2D eigenvalue weighted by Gasteiger charge is -2.20. The van der Waals surface area contributed by atoms with Gasteiger partial charge in [-0.25, -0.2) is 4.79 Å². The van der Waals surface area contributed by atoms with Crippen molar-refractivity contribution in [2.24, 2.45) is 5.92 Å². The van der Waals surface area contributed by atoms with Gasteiger partial charge < -0.3 is 25.2 Å². The number of ether oxygens (including phenoxy) is 2. The second-order valence-electron chi connectivity index (χ2n) is 8.75. The number of carboxylic acid groups (broad SMARTS) is 1. The molecule has 0 bridgehead atoms. The molecule has 2 aliphatic rings. The van der Waals surface area contributed by atoms with Gasteiger partial charge in [0.1, 0.15) is 12.6 Å². The van der Waals surface area contributed by atoms with E-state index in [0.717, 1.165) is 35.1 Å². The Balaban J connectivity index is 1.29. The molecule has 0 aromatic heterocycles. The number of nitrogens with one attached hydrogen (secondary N) is 2. The molecule has 34 heavy (non-hydrogen) atoms. The number of hydrogen-bond acceptors (Lipinski definition) is 5. The van der Waals surface area contributed by atoms with Crippen molar-refractivity contribution >= 4 is 18.0 Å². The van der Waals surface area contributed by atoms with Crippen LogP contribution in [0.25, 0.3) is 11.1 Å². The molecule has 8 heteroatoms. The average Bonchev–Trinajstić information content (AvgIpc) is 3.59. The first-order valence-corrected chi connectivity index (χ1v) is 11.7. The van der Waals surface area contributed by atoms with Crippen LogP contribution in [0.4, 0.5) is 4.79 Å². The highest BCUT2D eigenvalue weighted by molar-refractivity contribution is 5.85. The number of carbonyl (C=O) groups is 3. The monoisotopic (exact) mass is 466 g/mol. The summed E-state index contributed by atoms with van der Waals surface area (Å²) >= 11 is 0. The minimum atomic E-state index is -0.930. The van der Waals surface area contributed by atoms with Crippen LogP contribution in [0.2, 0.25) is 0 Å². The molecule has 8 nitrogen and oxygen atoms in total. The first kappa shape index (κ1) is 23.8. The Morgan fingerprint density at radius 2 is 1.62 bits per heavy atom. The molecule has 4 rings (SSSR count). The number of aliphatic carboxylic acids is 1. The molecule has 0 unspecified atom stereocenters. The number of hydrogen-bond donors (Lipinski definition) is 3. The predicted molar refractivity (Wildman–Crippen MR) is 125 cm³/mol. The minimum Gasteiger partial charge on any atom is -0.481 e. The zero-order chi connectivity index (χ0) is 23.9. The minimum absolute atomic E-state index is 0.0446. The third-order valence-corrected chi connectivity index (χ3v) is 6.22. The van der Waals surface area contributed by atoms with Gasteiger partial charge in [-0.3, -0.25) is 9.59 Å². The average molecular weight is 467 g/mol. The summed E-state index contributed by atoms with van der Waals surface area (Å²) in [4.78, 5) is 35.8. The first-order valence-electron chi connectivity index (χ1n) is 11.7. The summed E-state index contributed by atoms with van der Waals surface area (Å²) in [6.07, 6.45) is 1.97. The van der Waals surface area contributed by atoms with Gasteiger partial charge in [-0.1, -0.05) is 61.4 Å². The van der Waals surface area contributed by atoms with E-state index in [1.54, 1.807) is 0 Å². The lowest BCUT2D eigenvalue weighted by molar-refractivity contribution is -0.138. The topological polar surface area (TPSA) is 114 Å². The molecule has 1 atom stereocenters. The van der Waals surface area contributed by atoms with Gasteiger partial charge in [0.05, 0.1) is 19.6 Å². The van der Waals surface area contributed by atoms with E-state index in [0.29, 0.717) is 12.3 Å². The van der Waals surface area contributed by atoms with E-state index in [2.05, 4.69) is 34.9 Å². The Kier molecular flexibility index (Phi) is 7.80. The van der Waals surface area contributed by atoms with E-state index in [4.69, 9.17) is 14.6 Å². The van der Waals surface area contributed by atoms with Crippen molar-refractivity contribution in [2.75, 3.05) is 26.4 Å². The molecule has 2 aliphatic carbocycles. The molecule has 0 heterocycles. The summed E-state index contributed by atoms with van der Waals surface area (Å²) in [7, 11) is 0. The van der Waals surface area contributed by atoms with E-state index >= 15 is 0 Å². The van der Waals surface area contributed by atoms with Gasteiger partial charge in [-0.2, -0.15) is 0 Å². The number of rotatable bonds is 12. The van der Waals surface area contributed by atoms with E-state index < -0.39 is 18.1 Å². The normalized spacial score (nSPS) is 15.2. The second kappa shape index (κ2) is 11.2. The van der Waals surface area contributed by atoms with E-state index in [-0.39, 0.29) is 44.6 Å². The van der Waals surface area contributed by atoms with Crippen molar-refractivity contribution in [1.29, 1.82) is 0 Å². The van der Waals surface area contributed by atoms with Crippen LogP contribution in [-0.2, 0) is 19.1 Å².